The Labute approximate surface area is 120 Å². The van der Waals surface area contributed by atoms with E-state index in [0.29, 0.717) is 5.92 Å². The highest BCUT2D eigenvalue weighted by atomic mass is 16.6. The van der Waals surface area contributed by atoms with Gasteiger partial charge in [0.1, 0.15) is 5.60 Å². The number of hydrogen-bond acceptors (Lipinski definition) is 3. The van der Waals surface area contributed by atoms with Crippen LogP contribution in [0.25, 0.3) is 0 Å². The van der Waals surface area contributed by atoms with Crippen LogP contribution < -0.4 is 10.6 Å². The number of amides is 1. The number of piperidine rings is 1. The Morgan fingerprint density at radius 2 is 1.95 bits per heavy atom. The second-order valence-corrected chi connectivity index (χ2v) is 6.34. The third kappa shape index (κ3) is 4.53. The van der Waals surface area contributed by atoms with E-state index in [-0.39, 0.29) is 12.1 Å². The molecule has 1 heterocycles. The first kappa shape index (κ1) is 14.9. The minimum absolute atomic E-state index is 0.115. The summed E-state index contributed by atoms with van der Waals surface area (Å²) in [6, 6.07) is 10.5. The van der Waals surface area contributed by atoms with E-state index in [9.17, 15) is 4.79 Å². The Morgan fingerprint density at radius 1 is 1.25 bits per heavy atom. The van der Waals surface area contributed by atoms with Crippen LogP contribution >= 0.6 is 0 Å². The average Bonchev–Trinajstić information content (AvgIpc) is 2.38. The maximum Gasteiger partial charge on any atom is 0.407 e. The van der Waals surface area contributed by atoms with Crippen molar-refractivity contribution in [3.05, 3.63) is 35.9 Å². The number of carbonyl (C=O) groups excluding carboxylic acids is 1. The first-order chi connectivity index (χ1) is 9.44. The molecule has 1 aromatic rings. The van der Waals surface area contributed by atoms with Crippen molar-refractivity contribution in [3.63, 3.8) is 0 Å². The molecule has 1 aliphatic heterocycles. The van der Waals surface area contributed by atoms with E-state index in [1.807, 2.05) is 26.8 Å². The average molecular weight is 276 g/mol. The molecule has 1 saturated heterocycles. The van der Waals surface area contributed by atoms with Gasteiger partial charge in [-0.05, 0) is 38.7 Å². The van der Waals surface area contributed by atoms with Gasteiger partial charge in [-0.25, -0.2) is 4.79 Å². The van der Waals surface area contributed by atoms with E-state index < -0.39 is 5.60 Å². The number of rotatable bonds is 2. The van der Waals surface area contributed by atoms with Gasteiger partial charge >= 0.3 is 6.09 Å². The summed E-state index contributed by atoms with van der Waals surface area (Å²) >= 11 is 0. The van der Waals surface area contributed by atoms with Gasteiger partial charge in [-0.2, -0.15) is 0 Å². The van der Waals surface area contributed by atoms with Crippen molar-refractivity contribution in [1.29, 1.82) is 0 Å². The van der Waals surface area contributed by atoms with Crippen molar-refractivity contribution in [3.8, 4) is 0 Å². The van der Waals surface area contributed by atoms with Gasteiger partial charge in [0.05, 0.1) is 0 Å². The zero-order valence-electron chi connectivity index (χ0n) is 12.5. The summed E-state index contributed by atoms with van der Waals surface area (Å²) in [5.41, 5.74) is 0.862. The molecule has 0 aliphatic carbocycles. The van der Waals surface area contributed by atoms with Gasteiger partial charge in [-0.1, -0.05) is 30.3 Å². The van der Waals surface area contributed by atoms with E-state index >= 15 is 0 Å². The molecule has 0 saturated carbocycles. The van der Waals surface area contributed by atoms with Crippen LogP contribution in [0.1, 0.15) is 38.7 Å². The molecule has 0 bridgehead atoms. The Hall–Kier alpha value is -1.55. The molecule has 1 fully saturated rings. The molecule has 4 heteroatoms. The molecular weight excluding hydrogens is 252 g/mol. The Balaban J connectivity index is 1.89. The van der Waals surface area contributed by atoms with Gasteiger partial charge < -0.3 is 15.4 Å². The fourth-order valence-electron chi connectivity index (χ4n) is 2.51. The highest BCUT2D eigenvalue weighted by Gasteiger charge is 2.25. The Morgan fingerprint density at radius 3 is 2.60 bits per heavy atom. The number of alkyl carbamates (subject to hydrolysis) is 1. The van der Waals surface area contributed by atoms with E-state index in [1.165, 1.54) is 5.56 Å². The van der Waals surface area contributed by atoms with E-state index in [0.717, 1.165) is 19.5 Å². The number of carbonyl (C=O) groups is 1. The summed E-state index contributed by atoms with van der Waals surface area (Å²) in [7, 11) is 0. The van der Waals surface area contributed by atoms with Crippen LogP contribution in [0, 0.1) is 0 Å². The van der Waals surface area contributed by atoms with Crippen molar-refractivity contribution in [2.24, 2.45) is 0 Å². The molecule has 0 unspecified atom stereocenters. The van der Waals surface area contributed by atoms with Crippen LogP contribution in [0.15, 0.2) is 30.3 Å². The molecule has 1 amide bonds. The minimum atomic E-state index is -0.453. The summed E-state index contributed by atoms with van der Waals surface area (Å²) in [6.45, 7) is 7.37. The van der Waals surface area contributed by atoms with Gasteiger partial charge in [-0.3, -0.25) is 0 Å². The SMILES string of the molecule is CC(C)(C)OC(=O)N[C@@H]1CNC[C@@H](c2ccccc2)C1. The second kappa shape index (κ2) is 6.27. The fraction of sp³-hybridized carbons (Fsp3) is 0.562. The Kier molecular flexibility index (Phi) is 4.65. The molecule has 0 aromatic heterocycles. The van der Waals surface area contributed by atoms with Crippen molar-refractivity contribution in [2.45, 2.75) is 44.8 Å². The predicted molar refractivity (Wildman–Crippen MR) is 79.8 cm³/mol. The van der Waals surface area contributed by atoms with Crippen molar-refractivity contribution in [2.75, 3.05) is 13.1 Å². The van der Waals surface area contributed by atoms with Gasteiger partial charge in [0.15, 0.2) is 0 Å². The first-order valence-corrected chi connectivity index (χ1v) is 7.19. The lowest BCUT2D eigenvalue weighted by atomic mass is 9.89. The summed E-state index contributed by atoms with van der Waals surface area (Å²) in [5, 5.41) is 6.33. The molecule has 4 nitrogen and oxygen atoms in total. The number of nitrogens with one attached hydrogen (secondary N) is 2. The maximum absolute atomic E-state index is 11.8. The molecule has 0 radical (unpaired) electrons. The molecule has 0 spiro atoms. The van der Waals surface area contributed by atoms with Crippen molar-refractivity contribution < 1.29 is 9.53 Å². The normalized spacial score (nSPS) is 23.1. The highest BCUT2D eigenvalue weighted by Crippen LogP contribution is 2.23. The number of benzene rings is 1. The summed E-state index contributed by atoms with van der Waals surface area (Å²) < 4.78 is 5.30. The number of ether oxygens (including phenoxy) is 1. The monoisotopic (exact) mass is 276 g/mol. The van der Waals surface area contributed by atoms with Crippen LogP contribution in [0.4, 0.5) is 4.79 Å². The van der Waals surface area contributed by atoms with E-state index in [4.69, 9.17) is 4.74 Å². The van der Waals surface area contributed by atoms with Crippen LogP contribution in [0.5, 0.6) is 0 Å². The molecule has 1 aliphatic rings. The standard InChI is InChI=1S/C16H24N2O2/c1-16(2,3)20-15(19)18-14-9-13(10-17-11-14)12-7-5-4-6-8-12/h4-8,13-14,17H,9-11H2,1-3H3,(H,18,19)/t13-,14-/m0/s1. The molecule has 1 aromatic carbocycles. The van der Waals surface area contributed by atoms with Crippen molar-refractivity contribution in [1.82, 2.24) is 10.6 Å². The minimum Gasteiger partial charge on any atom is -0.444 e. The smallest absolute Gasteiger partial charge is 0.407 e. The van der Waals surface area contributed by atoms with Gasteiger partial charge in [0.2, 0.25) is 0 Å². The largest absolute Gasteiger partial charge is 0.444 e. The second-order valence-electron chi connectivity index (χ2n) is 6.34. The lowest BCUT2D eigenvalue weighted by Gasteiger charge is -2.31. The lowest BCUT2D eigenvalue weighted by Crippen LogP contribution is -2.49. The molecule has 2 N–H and O–H groups in total. The van der Waals surface area contributed by atoms with Gasteiger partial charge in [-0.15, -0.1) is 0 Å². The topological polar surface area (TPSA) is 50.4 Å². The van der Waals surface area contributed by atoms with Gasteiger partial charge in [0.25, 0.3) is 0 Å². The molecule has 2 atom stereocenters. The number of hydrogen-bond donors (Lipinski definition) is 2. The molecule has 110 valence electrons. The quantitative estimate of drug-likeness (QED) is 0.873. The maximum atomic E-state index is 11.8. The third-order valence-electron chi connectivity index (χ3n) is 3.34. The van der Waals surface area contributed by atoms with Crippen molar-refractivity contribution >= 4 is 6.09 Å². The lowest BCUT2D eigenvalue weighted by molar-refractivity contribution is 0.0494. The molecule has 2 rings (SSSR count). The van der Waals surface area contributed by atoms with E-state index in [1.54, 1.807) is 0 Å². The van der Waals surface area contributed by atoms with Crippen LogP contribution in [-0.4, -0.2) is 30.8 Å². The summed E-state index contributed by atoms with van der Waals surface area (Å²) in [5.74, 6) is 0.435. The molecular formula is C16H24N2O2. The van der Waals surface area contributed by atoms with Crippen LogP contribution in [0.3, 0.4) is 0 Å². The predicted octanol–water partition coefficient (Wildman–Crippen LogP) is 2.66. The first-order valence-electron chi connectivity index (χ1n) is 7.19. The third-order valence-corrected chi connectivity index (χ3v) is 3.34. The fourth-order valence-corrected chi connectivity index (χ4v) is 2.51. The summed E-state index contributed by atoms with van der Waals surface area (Å²) in [6.07, 6.45) is 0.606. The van der Waals surface area contributed by atoms with E-state index in [2.05, 4.69) is 34.9 Å². The zero-order valence-corrected chi connectivity index (χ0v) is 12.5. The zero-order chi connectivity index (χ0) is 14.6. The Bertz CT molecular complexity index is 440. The molecule has 20 heavy (non-hydrogen) atoms. The highest BCUT2D eigenvalue weighted by molar-refractivity contribution is 5.68. The summed E-state index contributed by atoms with van der Waals surface area (Å²) in [4.78, 5) is 11.8. The van der Waals surface area contributed by atoms with Crippen LogP contribution in [0.2, 0.25) is 0 Å². The van der Waals surface area contributed by atoms with Crippen LogP contribution in [-0.2, 0) is 4.74 Å². The van der Waals surface area contributed by atoms with Gasteiger partial charge in [0, 0.05) is 19.1 Å².